The zero-order chi connectivity index (χ0) is 26.9. The summed E-state index contributed by atoms with van der Waals surface area (Å²) in [5.74, 6) is 0.202. The number of carbonyl (C=O) groups is 1. The van der Waals surface area contributed by atoms with Crippen molar-refractivity contribution in [1.29, 1.82) is 0 Å². The first-order valence-electron chi connectivity index (χ1n) is 13.0. The number of aliphatic hydroxyl groups is 2. The van der Waals surface area contributed by atoms with Crippen molar-refractivity contribution >= 4 is 16.9 Å². The number of hydrogen-bond acceptors (Lipinski definition) is 6. The first-order chi connectivity index (χ1) is 18.3. The lowest BCUT2D eigenvalue weighted by molar-refractivity contribution is -0.136. The molecule has 0 radical (unpaired) electrons. The summed E-state index contributed by atoms with van der Waals surface area (Å²) in [6.07, 6.45) is 2.66. The third-order valence-corrected chi connectivity index (χ3v) is 7.58. The summed E-state index contributed by atoms with van der Waals surface area (Å²) in [5, 5.41) is 25.0. The number of aliphatic hydroxyl groups excluding tert-OH is 1. The summed E-state index contributed by atoms with van der Waals surface area (Å²) < 4.78 is 3.05. The summed E-state index contributed by atoms with van der Waals surface area (Å²) in [6.45, 7) is 2.99. The highest BCUT2D eigenvalue weighted by molar-refractivity contribution is 5.89. The van der Waals surface area contributed by atoms with Gasteiger partial charge in [-0.05, 0) is 29.9 Å². The predicted molar refractivity (Wildman–Crippen MR) is 144 cm³/mol. The summed E-state index contributed by atoms with van der Waals surface area (Å²) in [5.41, 5.74) is 2.79. The number of aryl methyl sites for hydroxylation is 1. The Balaban J connectivity index is 1.28. The summed E-state index contributed by atoms with van der Waals surface area (Å²) in [6, 6.07) is 17.4. The molecule has 3 heterocycles. The van der Waals surface area contributed by atoms with Crippen LogP contribution in [0.25, 0.3) is 22.3 Å². The Labute approximate surface area is 221 Å². The highest BCUT2D eigenvalue weighted by atomic mass is 16.3. The highest BCUT2D eigenvalue weighted by Gasteiger charge is 2.35. The van der Waals surface area contributed by atoms with Gasteiger partial charge in [0.05, 0.1) is 30.8 Å². The van der Waals surface area contributed by atoms with Crippen LogP contribution in [0.1, 0.15) is 43.2 Å². The molecule has 0 spiro atoms. The quantitative estimate of drug-likeness (QED) is 0.391. The molecular formula is C29H33N5O4. The van der Waals surface area contributed by atoms with E-state index < -0.39 is 5.60 Å². The molecule has 9 nitrogen and oxygen atoms in total. The molecule has 5 rings (SSSR count). The summed E-state index contributed by atoms with van der Waals surface area (Å²) in [4.78, 5) is 32.6. The smallest absolute Gasteiger partial charge is 0.281 e. The molecule has 0 saturated carbocycles. The molecule has 1 unspecified atom stereocenters. The number of carbonyl (C=O) groups excluding carboxylic acids is 1. The van der Waals surface area contributed by atoms with Gasteiger partial charge in [0.2, 0.25) is 5.91 Å². The van der Waals surface area contributed by atoms with Gasteiger partial charge in [-0.15, -0.1) is 0 Å². The van der Waals surface area contributed by atoms with Crippen molar-refractivity contribution in [3.8, 4) is 11.3 Å². The number of fused-ring (bicyclic) bond motifs is 1. The van der Waals surface area contributed by atoms with Crippen molar-refractivity contribution in [2.24, 2.45) is 7.05 Å². The second kappa shape index (κ2) is 10.5. The fourth-order valence-corrected chi connectivity index (χ4v) is 5.24. The van der Waals surface area contributed by atoms with Crippen molar-refractivity contribution in [1.82, 2.24) is 24.2 Å². The monoisotopic (exact) mass is 515 g/mol. The van der Waals surface area contributed by atoms with Crippen LogP contribution in [-0.4, -0.2) is 59.0 Å². The Kier molecular flexibility index (Phi) is 7.14. The van der Waals surface area contributed by atoms with E-state index in [-0.39, 0.29) is 36.1 Å². The lowest BCUT2D eigenvalue weighted by atomic mass is 9.90. The third-order valence-electron chi connectivity index (χ3n) is 7.58. The van der Waals surface area contributed by atoms with Gasteiger partial charge in [-0.3, -0.25) is 18.8 Å². The molecule has 0 aliphatic carbocycles. The van der Waals surface area contributed by atoms with Gasteiger partial charge in [-0.2, -0.15) is 5.10 Å². The van der Waals surface area contributed by atoms with Gasteiger partial charge in [-0.1, -0.05) is 61.5 Å². The minimum absolute atomic E-state index is 0.0446. The molecule has 1 aliphatic rings. The van der Waals surface area contributed by atoms with E-state index in [1.165, 1.54) is 10.9 Å². The van der Waals surface area contributed by atoms with Crippen LogP contribution in [0, 0.1) is 0 Å². The van der Waals surface area contributed by atoms with Crippen molar-refractivity contribution < 1.29 is 15.0 Å². The van der Waals surface area contributed by atoms with Crippen molar-refractivity contribution in [2.75, 3.05) is 13.1 Å². The second-order valence-electron chi connectivity index (χ2n) is 10.3. The number of piperidine rings is 1. The Morgan fingerprint density at radius 1 is 1.05 bits per heavy atom. The maximum Gasteiger partial charge on any atom is 0.281 e. The molecule has 1 saturated heterocycles. The van der Waals surface area contributed by atoms with E-state index in [2.05, 4.69) is 17.0 Å². The van der Waals surface area contributed by atoms with Gasteiger partial charge in [0.25, 0.3) is 5.56 Å². The number of hydrogen-bond donors (Lipinski definition) is 2. The van der Waals surface area contributed by atoms with E-state index in [0.29, 0.717) is 43.6 Å². The lowest BCUT2D eigenvalue weighted by Gasteiger charge is -2.38. The van der Waals surface area contributed by atoms with Crippen molar-refractivity contribution in [2.45, 2.75) is 50.9 Å². The van der Waals surface area contributed by atoms with Crippen LogP contribution < -0.4 is 5.56 Å². The first kappa shape index (κ1) is 25.8. The molecule has 1 aliphatic heterocycles. The largest absolute Gasteiger partial charge is 0.392 e. The summed E-state index contributed by atoms with van der Waals surface area (Å²) in [7, 11) is 1.76. The van der Waals surface area contributed by atoms with Crippen molar-refractivity contribution in [3.05, 3.63) is 82.4 Å². The predicted octanol–water partition coefficient (Wildman–Crippen LogP) is 2.84. The molecule has 198 valence electrons. The van der Waals surface area contributed by atoms with E-state index in [4.69, 9.17) is 0 Å². The second-order valence-corrected chi connectivity index (χ2v) is 10.3. The normalized spacial score (nSPS) is 16.1. The minimum atomic E-state index is -1.11. The molecule has 0 bridgehead atoms. The van der Waals surface area contributed by atoms with Crippen LogP contribution in [0.4, 0.5) is 0 Å². The van der Waals surface area contributed by atoms with E-state index in [1.807, 2.05) is 59.5 Å². The Morgan fingerprint density at radius 2 is 1.74 bits per heavy atom. The molecule has 2 aromatic heterocycles. The van der Waals surface area contributed by atoms with E-state index >= 15 is 0 Å². The average Bonchev–Trinajstić information content (AvgIpc) is 3.27. The third kappa shape index (κ3) is 5.12. The minimum Gasteiger partial charge on any atom is -0.392 e. The molecule has 38 heavy (non-hydrogen) atoms. The topological polar surface area (TPSA) is 113 Å². The molecule has 1 atom stereocenters. The van der Waals surface area contributed by atoms with Gasteiger partial charge < -0.3 is 15.1 Å². The number of nitrogens with zero attached hydrogens (tertiary/aromatic N) is 5. The SMILES string of the molecule is CC(CC(=O)N1CCC(O)(Cn2cnc3c(-c4ccc(CO)cc4)n(C)nc3c2=O)CC1)c1ccccc1. The molecule has 9 heteroatoms. The van der Waals surface area contributed by atoms with E-state index in [0.717, 1.165) is 16.7 Å². The molecular weight excluding hydrogens is 482 g/mol. The fourth-order valence-electron chi connectivity index (χ4n) is 5.24. The van der Waals surface area contributed by atoms with Gasteiger partial charge in [0, 0.05) is 32.1 Å². The highest BCUT2D eigenvalue weighted by Crippen LogP contribution is 2.28. The maximum atomic E-state index is 13.3. The number of rotatable bonds is 7. The fraction of sp³-hybridized carbons (Fsp3) is 0.379. The van der Waals surface area contributed by atoms with Crippen LogP contribution in [0.2, 0.25) is 0 Å². The van der Waals surface area contributed by atoms with Gasteiger partial charge in [0.15, 0.2) is 5.52 Å². The molecule has 2 aromatic carbocycles. The van der Waals surface area contributed by atoms with Crippen molar-refractivity contribution in [3.63, 3.8) is 0 Å². The zero-order valence-corrected chi connectivity index (χ0v) is 21.7. The number of benzene rings is 2. The van der Waals surface area contributed by atoms with E-state index in [9.17, 15) is 19.8 Å². The zero-order valence-electron chi connectivity index (χ0n) is 21.7. The number of amides is 1. The molecule has 2 N–H and O–H groups in total. The van der Waals surface area contributed by atoms with Gasteiger partial charge in [-0.25, -0.2) is 4.98 Å². The van der Waals surface area contributed by atoms with E-state index in [1.54, 1.807) is 11.7 Å². The molecule has 1 amide bonds. The first-order valence-corrected chi connectivity index (χ1v) is 13.0. The van der Waals surface area contributed by atoms with Gasteiger partial charge in [0.1, 0.15) is 5.52 Å². The summed E-state index contributed by atoms with van der Waals surface area (Å²) >= 11 is 0. The maximum absolute atomic E-state index is 13.3. The Morgan fingerprint density at radius 3 is 2.39 bits per heavy atom. The van der Waals surface area contributed by atoms with Gasteiger partial charge >= 0.3 is 0 Å². The molecule has 4 aromatic rings. The number of likely N-dealkylation sites (tertiary alicyclic amines) is 1. The Hall–Kier alpha value is -3.82. The van der Waals surface area contributed by atoms with Crippen LogP contribution in [0.5, 0.6) is 0 Å². The van der Waals surface area contributed by atoms with Crippen LogP contribution in [0.3, 0.4) is 0 Å². The standard InChI is InChI=1S/C29H33N5O4/c1-20(22-6-4-3-5-7-22)16-24(36)33-14-12-29(38,13-15-33)18-34-19-30-25-26(28(34)37)31-32(2)27(25)23-10-8-21(17-35)9-11-23/h3-11,19-20,35,38H,12-18H2,1-2H3. The van der Waals surface area contributed by atoms with Crippen LogP contribution in [0.15, 0.2) is 65.7 Å². The lowest BCUT2D eigenvalue weighted by Crippen LogP contribution is -2.49. The Bertz CT molecular complexity index is 1490. The van der Waals surface area contributed by atoms with Crippen LogP contribution >= 0.6 is 0 Å². The molecule has 1 fully saturated rings. The average molecular weight is 516 g/mol. The number of aromatic nitrogens is 4. The van der Waals surface area contributed by atoms with Crippen LogP contribution in [-0.2, 0) is 25.0 Å².